The lowest BCUT2D eigenvalue weighted by atomic mass is 9.84. The van der Waals surface area contributed by atoms with Gasteiger partial charge in [-0.15, -0.1) is 0 Å². The Morgan fingerprint density at radius 3 is 2.57 bits per heavy atom. The fraction of sp³-hybridized carbons (Fsp3) is 0.533. The van der Waals surface area contributed by atoms with Crippen molar-refractivity contribution in [2.24, 2.45) is 5.92 Å². The molecule has 1 fully saturated rings. The Labute approximate surface area is 130 Å². The number of benzene rings is 1. The van der Waals surface area contributed by atoms with Crippen molar-refractivity contribution in [1.29, 1.82) is 0 Å². The molecule has 1 N–H and O–H groups in total. The highest BCUT2D eigenvalue weighted by molar-refractivity contribution is 8.13. The first kappa shape index (κ1) is 16.3. The van der Waals surface area contributed by atoms with E-state index in [1.165, 1.54) is 37.5 Å². The molecular weight excluding hydrogens is 310 g/mol. The second kappa shape index (κ2) is 6.79. The van der Waals surface area contributed by atoms with Crippen molar-refractivity contribution in [3.05, 3.63) is 29.8 Å². The maximum absolute atomic E-state index is 12.2. The molecule has 4 nitrogen and oxygen atoms in total. The maximum Gasteiger partial charge on any atom is 0.261 e. The predicted molar refractivity (Wildman–Crippen MR) is 83.0 cm³/mol. The summed E-state index contributed by atoms with van der Waals surface area (Å²) >= 11 is 0. The van der Waals surface area contributed by atoms with Gasteiger partial charge in [-0.2, -0.15) is 0 Å². The second-order valence-electron chi connectivity index (χ2n) is 5.63. The van der Waals surface area contributed by atoms with Crippen molar-refractivity contribution in [3.63, 3.8) is 0 Å². The van der Waals surface area contributed by atoms with E-state index in [1.807, 2.05) is 6.92 Å². The molecule has 116 valence electrons. The van der Waals surface area contributed by atoms with Gasteiger partial charge in [0, 0.05) is 22.3 Å². The summed E-state index contributed by atoms with van der Waals surface area (Å²) in [6.45, 7) is 2.01. The molecule has 0 radical (unpaired) electrons. The third-order valence-electron chi connectivity index (χ3n) is 4.09. The van der Waals surface area contributed by atoms with Gasteiger partial charge in [0.05, 0.1) is 4.90 Å². The summed E-state index contributed by atoms with van der Waals surface area (Å²) in [4.78, 5) is 12.2. The SMILES string of the molecule is CC(NC(=O)c1cccc(S(=O)(=O)Cl)c1)C1CCCCC1. The van der Waals surface area contributed by atoms with E-state index in [0.717, 1.165) is 12.8 Å². The van der Waals surface area contributed by atoms with Crippen LogP contribution in [0.2, 0.25) is 0 Å². The summed E-state index contributed by atoms with van der Waals surface area (Å²) in [5.74, 6) is 0.248. The first-order valence-electron chi connectivity index (χ1n) is 7.23. The van der Waals surface area contributed by atoms with Crippen LogP contribution >= 0.6 is 10.7 Å². The van der Waals surface area contributed by atoms with Crippen LogP contribution in [0.1, 0.15) is 49.4 Å². The van der Waals surface area contributed by atoms with E-state index in [1.54, 1.807) is 6.07 Å². The van der Waals surface area contributed by atoms with Crippen molar-refractivity contribution in [1.82, 2.24) is 5.32 Å². The van der Waals surface area contributed by atoms with Gasteiger partial charge in [-0.3, -0.25) is 4.79 Å². The maximum atomic E-state index is 12.2. The highest BCUT2D eigenvalue weighted by Crippen LogP contribution is 2.26. The van der Waals surface area contributed by atoms with Crippen LogP contribution in [0.25, 0.3) is 0 Å². The van der Waals surface area contributed by atoms with Gasteiger partial charge in [-0.25, -0.2) is 8.42 Å². The minimum Gasteiger partial charge on any atom is -0.349 e. The fourth-order valence-corrected chi connectivity index (χ4v) is 3.63. The number of hydrogen-bond acceptors (Lipinski definition) is 3. The molecular formula is C15H20ClNO3S. The van der Waals surface area contributed by atoms with Crippen LogP contribution in [-0.2, 0) is 9.05 Å². The van der Waals surface area contributed by atoms with Crippen molar-refractivity contribution in [3.8, 4) is 0 Å². The van der Waals surface area contributed by atoms with Gasteiger partial charge in [0.25, 0.3) is 15.0 Å². The summed E-state index contributed by atoms with van der Waals surface area (Å²) in [5.41, 5.74) is 0.319. The first-order valence-corrected chi connectivity index (χ1v) is 9.54. The van der Waals surface area contributed by atoms with Crippen LogP contribution in [0, 0.1) is 5.92 Å². The number of rotatable bonds is 4. The number of halogens is 1. The monoisotopic (exact) mass is 329 g/mol. The molecule has 2 rings (SSSR count). The minimum absolute atomic E-state index is 0.0536. The van der Waals surface area contributed by atoms with E-state index in [0.29, 0.717) is 11.5 Å². The van der Waals surface area contributed by atoms with Gasteiger partial charge in [-0.05, 0) is 43.9 Å². The molecule has 0 aliphatic heterocycles. The Hall–Kier alpha value is -1.07. The van der Waals surface area contributed by atoms with Crippen LogP contribution in [0.15, 0.2) is 29.2 Å². The summed E-state index contributed by atoms with van der Waals surface area (Å²) < 4.78 is 22.6. The smallest absolute Gasteiger partial charge is 0.261 e. The quantitative estimate of drug-likeness (QED) is 0.862. The predicted octanol–water partition coefficient (Wildman–Crippen LogP) is 3.31. The number of hydrogen-bond donors (Lipinski definition) is 1. The Kier molecular flexibility index (Phi) is 5.27. The molecule has 0 heterocycles. The van der Waals surface area contributed by atoms with Crippen LogP contribution in [0.4, 0.5) is 0 Å². The van der Waals surface area contributed by atoms with E-state index in [9.17, 15) is 13.2 Å². The van der Waals surface area contributed by atoms with E-state index in [4.69, 9.17) is 10.7 Å². The lowest BCUT2D eigenvalue weighted by Gasteiger charge is -2.28. The van der Waals surface area contributed by atoms with Crippen molar-refractivity contribution >= 4 is 25.6 Å². The van der Waals surface area contributed by atoms with Crippen molar-refractivity contribution in [2.75, 3.05) is 0 Å². The topological polar surface area (TPSA) is 63.2 Å². The molecule has 1 aromatic carbocycles. The van der Waals surface area contributed by atoms with Crippen LogP contribution < -0.4 is 5.32 Å². The standard InChI is InChI=1S/C15H20ClNO3S/c1-11(12-6-3-2-4-7-12)17-15(18)13-8-5-9-14(10-13)21(16,19)20/h5,8-12H,2-4,6-7H2,1H3,(H,17,18). The van der Waals surface area contributed by atoms with Crippen LogP contribution in [0.5, 0.6) is 0 Å². The average molecular weight is 330 g/mol. The third kappa shape index (κ3) is 4.45. The summed E-state index contributed by atoms with van der Waals surface area (Å²) in [6.07, 6.45) is 5.97. The molecule has 0 aromatic heterocycles. The molecule has 1 amide bonds. The average Bonchev–Trinajstić information content (AvgIpc) is 2.47. The number of nitrogens with one attached hydrogen (secondary N) is 1. The first-order chi connectivity index (χ1) is 9.88. The van der Waals surface area contributed by atoms with Crippen molar-refractivity contribution in [2.45, 2.75) is 50.0 Å². The molecule has 21 heavy (non-hydrogen) atoms. The van der Waals surface area contributed by atoms with Gasteiger partial charge in [-0.1, -0.05) is 25.3 Å². The highest BCUT2D eigenvalue weighted by Gasteiger charge is 2.22. The number of carbonyl (C=O) groups is 1. The fourth-order valence-electron chi connectivity index (χ4n) is 2.83. The van der Waals surface area contributed by atoms with Gasteiger partial charge in [0.1, 0.15) is 0 Å². The van der Waals surface area contributed by atoms with Gasteiger partial charge >= 0.3 is 0 Å². The van der Waals surface area contributed by atoms with Crippen LogP contribution in [-0.4, -0.2) is 20.4 Å². The Morgan fingerprint density at radius 2 is 1.95 bits per heavy atom. The molecule has 0 saturated heterocycles. The zero-order chi connectivity index (χ0) is 15.5. The normalized spacial score (nSPS) is 18.2. The Morgan fingerprint density at radius 1 is 1.29 bits per heavy atom. The van der Waals surface area contributed by atoms with E-state index >= 15 is 0 Å². The zero-order valence-corrected chi connectivity index (χ0v) is 13.6. The molecule has 1 atom stereocenters. The molecule has 1 unspecified atom stereocenters. The third-order valence-corrected chi connectivity index (χ3v) is 5.44. The number of amides is 1. The van der Waals surface area contributed by atoms with Gasteiger partial charge in [0.2, 0.25) is 0 Å². The molecule has 6 heteroatoms. The molecule has 1 saturated carbocycles. The van der Waals surface area contributed by atoms with E-state index in [2.05, 4.69) is 5.32 Å². The van der Waals surface area contributed by atoms with Crippen molar-refractivity contribution < 1.29 is 13.2 Å². The Balaban J connectivity index is 2.06. The van der Waals surface area contributed by atoms with E-state index in [-0.39, 0.29) is 16.8 Å². The minimum atomic E-state index is -3.82. The lowest BCUT2D eigenvalue weighted by molar-refractivity contribution is 0.0919. The lowest BCUT2D eigenvalue weighted by Crippen LogP contribution is -2.38. The largest absolute Gasteiger partial charge is 0.349 e. The molecule has 0 spiro atoms. The molecule has 0 bridgehead atoms. The van der Waals surface area contributed by atoms with Gasteiger partial charge in [0.15, 0.2) is 0 Å². The molecule has 1 aliphatic carbocycles. The molecule has 1 aliphatic rings. The summed E-state index contributed by atoms with van der Waals surface area (Å²) in [7, 11) is 1.49. The highest BCUT2D eigenvalue weighted by atomic mass is 35.7. The summed E-state index contributed by atoms with van der Waals surface area (Å²) in [6, 6.07) is 5.90. The second-order valence-corrected chi connectivity index (χ2v) is 8.19. The number of carbonyl (C=O) groups excluding carboxylic acids is 1. The van der Waals surface area contributed by atoms with Gasteiger partial charge < -0.3 is 5.32 Å². The Bertz CT molecular complexity index is 609. The zero-order valence-electron chi connectivity index (χ0n) is 12.0. The summed E-state index contributed by atoms with van der Waals surface area (Å²) in [5, 5.41) is 2.97. The molecule has 1 aromatic rings. The van der Waals surface area contributed by atoms with Crippen LogP contribution in [0.3, 0.4) is 0 Å². The van der Waals surface area contributed by atoms with E-state index < -0.39 is 9.05 Å².